The van der Waals surface area contributed by atoms with Gasteiger partial charge in [-0.1, -0.05) is 18.1 Å². The maximum Gasteiger partial charge on any atom is 0.410 e. The minimum Gasteiger partial charge on any atom is -0.444 e. The summed E-state index contributed by atoms with van der Waals surface area (Å²) in [6.45, 7) is 8.90. The SMILES string of the molecule is Cc1nc2ccccn2c1-c1ccc(NC(=O)[C@H](C)N(C)C(=O)OC(C)(C)C)nc1C#Cc1ccc2ncccc2c1. The summed E-state index contributed by atoms with van der Waals surface area (Å²) in [6, 6.07) is 18.3. The summed E-state index contributed by atoms with van der Waals surface area (Å²) in [7, 11) is 1.53. The maximum atomic E-state index is 13.1. The molecule has 1 aromatic carbocycles. The van der Waals surface area contributed by atoms with Crippen molar-refractivity contribution >= 4 is 34.4 Å². The molecular weight excluding hydrogens is 528 g/mol. The minimum absolute atomic E-state index is 0.312. The van der Waals surface area contributed by atoms with Gasteiger partial charge in [0.1, 0.15) is 28.8 Å². The predicted octanol–water partition coefficient (Wildman–Crippen LogP) is 5.85. The molecule has 1 N–H and O–H groups in total. The predicted molar refractivity (Wildman–Crippen MR) is 163 cm³/mol. The van der Waals surface area contributed by atoms with Gasteiger partial charge in [-0.2, -0.15) is 0 Å². The van der Waals surface area contributed by atoms with Crippen molar-refractivity contribution in [2.24, 2.45) is 0 Å². The molecule has 0 radical (unpaired) electrons. The zero-order chi connectivity index (χ0) is 30.0. The number of hydrogen-bond donors (Lipinski definition) is 1. The van der Waals surface area contributed by atoms with Gasteiger partial charge in [0.2, 0.25) is 5.91 Å². The minimum atomic E-state index is -0.803. The molecule has 0 aliphatic carbocycles. The van der Waals surface area contributed by atoms with E-state index in [4.69, 9.17) is 14.7 Å². The molecule has 0 bridgehead atoms. The van der Waals surface area contributed by atoms with Gasteiger partial charge in [0.25, 0.3) is 0 Å². The summed E-state index contributed by atoms with van der Waals surface area (Å²) in [6.07, 6.45) is 3.12. The lowest BCUT2D eigenvalue weighted by Crippen LogP contribution is -2.45. The van der Waals surface area contributed by atoms with Gasteiger partial charge < -0.3 is 10.1 Å². The van der Waals surface area contributed by atoms with Crippen molar-refractivity contribution < 1.29 is 14.3 Å². The summed E-state index contributed by atoms with van der Waals surface area (Å²) in [4.78, 5) is 40.7. The van der Waals surface area contributed by atoms with Gasteiger partial charge in [-0.3, -0.25) is 19.1 Å². The molecule has 5 rings (SSSR count). The fourth-order valence-electron chi connectivity index (χ4n) is 4.44. The molecule has 9 heteroatoms. The topological polar surface area (TPSA) is 102 Å². The number of amides is 2. The Balaban J connectivity index is 1.51. The van der Waals surface area contributed by atoms with Crippen LogP contribution in [0.2, 0.25) is 0 Å². The average Bonchev–Trinajstić information content (AvgIpc) is 3.29. The van der Waals surface area contributed by atoms with E-state index >= 15 is 0 Å². The van der Waals surface area contributed by atoms with Crippen LogP contribution in [0.3, 0.4) is 0 Å². The quantitative estimate of drug-likeness (QED) is 0.277. The van der Waals surface area contributed by atoms with Gasteiger partial charge in [-0.15, -0.1) is 0 Å². The second-order valence-corrected chi connectivity index (χ2v) is 11.0. The molecule has 0 unspecified atom stereocenters. The van der Waals surface area contributed by atoms with E-state index in [1.54, 1.807) is 40.0 Å². The number of carbonyl (C=O) groups excluding carboxylic acids is 2. The third-order valence-electron chi connectivity index (χ3n) is 6.68. The number of aromatic nitrogens is 4. The van der Waals surface area contributed by atoms with Gasteiger partial charge >= 0.3 is 6.09 Å². The zero-order valence-corrected chi connectivity index (χ0v) is 24.5. The molecule has 5 aromatic rings. The van der Waals surface area contributed by atoms with Crippen molar-refractivity contribution in [3.8, 4) is 23.1 Å². The molecule has 0 aliphatic rings. The van der Waals surface area contributed by atoms with Crippen LogP contribution in [0, 0.1) is 18.8 Å². The number of hydrogen-bond acceptors (Lipinski definition) is 6. The highest BCUT2D eigenvalue weighted by Gasteiger charge is 2.27. The molecule has 0 spiro atoms. The number of imidazole rings is 1. The van der Waals surface area contributed by atoms with Crippen molar-refractivity contribution in [2.75, 3.05) is 12.4 Å². The van der Waals surface area contributed by atoms with Crippen molar-refractivity contribution in [1.82, 2.24) is 24.3 Å². The molecule has 9 nitrogen and oxygen atoms in total. The fraction of sp³-hybridized carbons (Fsp3) is 0.242. The van der Waals surface area contributed by atoms with Gasteiger partial charge in [0.05, 0.1) is 16.9 Å². The average molecular weight is 561 g/mol. The Labute approximate surface area is 244 Å². The third-order valence-corrected chi connectivity index (χ3v) is 6.68. The summed E-state index contributed by atoms with van der Waals surface area (Å²) in [5.41, 5.74) is 4.76. The summed E-state index contributed by atoms with van der Waals surface area (Å²) in [5, 5.41) is 3.81. The van der Waals surface area contributed by atoms with Crippen molar-refractivity contribution in [1.29, 1.82) is 0 Å². The molecule has 42 heavy (non-hydrogen) atoms. The number of ether oxygens (including phenoxy) is 1. The Hall–Kier alpha value is -5.23. The highest BCUT2D eigenvalue weighted by molar-refractivity contribution is 5.95. The lowest BCUT2D eigenvalue weighted by Gasteiger charge is -2.28. The van der Waals surface area contributed by atoms with Crippen LogP contribution in [0.1, 0.15) is 44.6 Å². The van der Waals surface area contributed by atoms with Gasteiger partial charge in [0, 0.05) is 36.0 Å². The van der Waals surface area contributed by atoms with E-state index in [9.17, 15) is 9.59 Å². The summed E-state index contributed by atoms with van der Waals surface area (Å²) < 4.78 is 7.40. The Morgan fingerprint density at radius 2 is 1.83 bits per heavy atom. The summed E-state index contributed by atoms with van der Waals surface area (Å²) in [5.74, 6) is 6.36. The number of nitrogens with zero attached hydrogens (tertiary/aromatic N) is 5. The third kappa shape index (κ3) is 6.08. The molecular formula is C33H32N6O3. The lowest BCUT2D eigenvalue weighted by molar-refractivity contribution is -0.120. The van der Waals surface area contributed by atoms with Crippen LogP contribution in [0.25, 0.3) is 27.8 Å². The van der Waals surface area contributed by atoms with Gasteiger partial charge in [0.15, 0.2) is 0 Å². The van der Waals surface area contributed by atoms with Crippen LogP contribution < -0.4 is 5.32 Å². The highest BCUT2D eigenvalue weighted by Crippen LogP contribution is 2.28. The van der Waals surface area contributed by atoms with Crippen molar-refractivity contribution in [2.45, 2.75) is 46.3 Å². The van der Waals surface area contributed by atoms with E-state index in [-0.39, 0.29) is 0 Å². The molecule has 2 amide bonds. The molecule has 212 valence electrons. The molecule has 1 atom stereocenters. The normalized spacial score (nSPS) is 12.0. The van der Waals surface area contributed by atoms with Crippen molar-refractivity contribution in [3.63, 3.8) is 0 Å². The molecule has 0 saturated heterocycles. The van der Waals surface area contributed by atoms with Crippen LogP contribution in [-0.2, 0) is 9.53 Å². The Kier molecular flexibility index (Phi) is 7.64. The number of nitrogens with one attached hydrogen (secondary N) is 1. The number of anilines is 1. The Morgan fingerprint density at radius 1 is 1.02 bits per heavy atom. The Morgan fingerprint density at radius 3 is 2.62 bits per heavy atom. The van der Waals surface area contributed by atoms with E-state index in [1.807, 2.05) is 72.1 Å². The molecule has 0 saturated carbocycles. The number of aryl methyl sites for hydroxylation is 1. The van der Waals surface area contributed by atoms with E-state index in [0.29, 0.717) is 11.5 Å². The standard InChI is InChI=1S/C33H32N6O3/c1-21-30(39-19-8-7-11-29(39)35-21)25-14-17-28(37-31(40)22(2)38(6)32(41)42-33(3,4)5)36-27(25)16-13-23-12-15-26-24(20-23)10-9-18-34-26/h7-12,14-15,17-20,22H,1-6H3,(H,36,37,40)/t22-/m0/s1. The number of fused-ring (bicyclic) bond motifs is 2. The summed E-state index contributed by atoms with van der Waals surface area (Å²) >= 11 is 0. The second kappa shape index (κ2) is 11.3. The number of pyridine rings is 3. The largest absolute Gasteiger partial charge is 0.444 e. The number of carbonyl (C=O) groups is 2. The first-order valence-corrected chi connectivity index (χ1v) is 13.6. The van der Waals surface area contributed by atoms with Crippen LogP contribution in [-0.4, -0.2) is 54.9 Å². The zero-order valence-electron chi connectivity index (χ0n) is 24.5. The fourth-order valence-corrected chi connectivity index (χ4v) is 4.44. The van der Waals surface area contributed by atoms with Crippen LogP contribution in [0.15, 0.2) is 73.1 Å². The van der Waals surface area contributed by atoms with Gasteiger partial charge in [-0.25, -0.2) is 14.8 Å². The number of benzene rings is 1. The van der Waals surface area contributed by atoms with Crippen LogP contribution >= 0.6 is 0 Å². The first kappa shape index (κ1) is 28.3. The van der Waals surface area contributed by atoms with Crippen LogP contribution in [0.5, 0.6) is 0 Å². The van der Waals surface area contributed by atoms with Crippen molar-refractivity contribution in [3.05, 3.63) is 90.0 Å². The highest BCUT2D eigenvalue weighted by atomic mass is 16.6. The van der Waals surface area contributed by atoms with E-state index < -0.39 is 23.6 Å². The second-order valence-electron chi connectivity index (χ2n) is 11.0. The first-order valence-electron chi connectivity index (χ1n) is 13.6. The number of rotatable bonds is 4. The maximum absolute atomic E-state index is 13.1. The van der Waals surface area contributed by atoms with E-state index in [0.717, 1.165) is 39.1 Å². The van der Waals surface area contributed by atoms with Crippen LogP contribution in [0.4, 0.5) is 10.6 Å². The lowest BCUT2D eigenvalue weighted by atomic mass is 10.1. The number of likely N-dealkylation sites (N-methyl/N-ethyl adjacent to an activating group) is 1. The molecule has 0 aliphatic heterocycles. The Bertz CT molecular complexity index is 1880. The van der Waals surface area contributed by atoms with E-state index in [2.05, 4.69) is 22.1 Å². The monoisotopic (exact) mass is 560 g/mol. The first-order chi connectivity index (χ1) is 20.0. The molecule has 4 aromatic heterocycles. The smallest absolute Gasteiger partial charge is 0.410 e. The molecule has 0 fully saturated rings. The van der Waals surface area contributed by atoms with Gasteiger partial charge in [-0.05, 0) is 89.1 Å². The molecule has 4 heterocycles. The van der Waals surface area contributed by atoms with E-state index in [1.165, 1.54) is 11.9 Å².